The van der Waals surface area contributed by atoms with Gasteiger partial charge < -0.3 is 5.32 Å². The molecule has 0 fully saturated rings. The van der Waals surface area contributed by atoms with Crippen molar-refractivity contribution in [2.75, 3.05) is 5.32 Å². The van der Waals surface area contributed by atoms with E-state index in [-0.39, 0.29) is 18.3 Å². The molecule has 1 aromatic heterocycles. The van der Waals surface area contributed by atoms with E-state index < -0.39 is 0 Å². The van der Waals surface area contributed by atoms with Crippen molar-refractivity contribution >= 4 is 34.2 Å². The van der Waals surface area contributed by atoms with Crippen LogP contribution >= 0.6 is 22.6 Å². The van der Waals surface area contributed by atoms with E-state index in [4.69, 9.17) is 0 Å². The molecule has 0 saturated heterocycles. The lowest BCUT2D eigenvalue weighted by atomic mass is 10.3. The summed E-state index contributed by atoms with van der Waals surface area (Å²) in [6.07, 6.45) is 0. The van der Waals surface area contributed by atoms with E-state index in [1.165, 1.54) is 12.1 Å². The van der Waals surface area contributed by atoms with E-state index in [9.17, 15) is 9.18 Å². The Morgan fingerprint density at radius 3 is 2.79 bits per heavy atom. The number of halogens is 2. The molecule has 0 bridgehead atoms. The summed E-state index contributed by atoms with van der Waals surface area (Å²) in [5.41, 5.74) is 2.30. The molecule has 1 heterocycles. The molecule has 2 rings (SSSR count). The standard InChI is InChI=1S/C13H13FIN3O/c1-8-13(15)9(2)18(17-8)7-12(19)16-11-5-3-4-10(14)6-11/h3-6H,7H2,1-2H3,(H,16,19). The van der Waals surface area contributed by atoms with Gasteiger partial charge in [-0.3, -0.25) is 9.48 Å². The Balaban J connectivity index is 2.07. The van der Waals surface area contributed by atoms with Gasteiger partial charge in [-0.15, -0.1) is 0 Å². The third-order valence-electron chi connectivity index (χ3n) is 2.69. The van der Waals surface area contributed by atoms with E-state index in [2.05, 4.69) is 33.0 Å². The molecule has 19 heavy (non-hydrogen) atoms. The van der Waals surface area contributed by atoms with Gasteiger partial charge in [-0.2, -0.15) is 5.10 Å². The first-order chi connectivity index (χ1) is 8.97. The molecule has 4 nitrogen and oxygen atoms in total. The monoisotopic (exact) mass is 373 g/mol. The first kappa shape index (κ1) is 14.0. The molecule has 0 spiro atoms. The second-order valence-electron chi connectivity index (χ2n) is 4.20. The third kappa shape index (κ3) is 3.31. The highest BCUT2D eigenvalue weighted by atomic mass is 127. The van der Waals surface area contributed by atoms with Crippen LogP contribution in [-0.4, -0.2) is 15.7 Å². The Morgan fingerprint density at radius 2 is 2.21 bits per heavy atom. The van der Waals surface area contributed by atoms with Crippen LogP contribution in [0.25, 0.3) is 0 Å². The number of hydrogen-bond acceptors (Lipinski definition) is 2. The van der Waals surface area contributed by atoms with Crippen molar-refractivity contribution in [2.45, 2.75) is 20.4 Å². The van der Waals surface area contributed by atoms with Crippen molar-refractivity contribution in [1.82, 2.24) is 9.78 Å². The van der Waals surface area contributed by atoms with Crippen molar-refractivity contribution in [3.8, 4) is 0 Å². The maximum atomic E-state index is 13.0. The lowest BCUT2D eigenvalue weighted by Gasteiger charge is -2.06. The normalized spacial score (nSPS) is 10.5. The van der Waals surface area contributed by atoms with Gasteiger partial charge in [-0.05, 0) is 54.6 Å². The minimum Gasteiger partial charge on any atom is -0.324 e. The molecule has 0 atom stereocenters. The van der Waals surface area contributed by atoms with E-state index in [0.29, 0.717) is 5.69 Å². The summed E-state index contributed by atoms with van der Waals surface area (Å²) in [5, 5.41) is 6.93. The van der Waals surface area contributed by atoms with E-state index in [1.54, 1.807) is 16.8 Å². The van der Waals surface area contributed by atoms with Crippen LogP contribution in [0.15, 0.2) is 24.3 Å². The number of carbonyl (C=O) groups is 1. The Labute approximate surface area is 124 Å². The van der Waals surface area contributed by atoms with E-state index in [0.717, 1.165) is 15.0 Å². The molecule has 1 aromatic carbocycles. The van der Waals surface area contributed by atoms with Crippen LogP contribution in [0.5, 0.6) is 0 Å². The number of benzene rings is 1. The molecular weight excluding hydrogens is 360 g/mol. The Bertz CT molecular complexity index is 624. The lowest BCUT2D eigenvalue weighted by Crippen LogP contribution is -2.20. The van der Waals surface area contributed by atoms with Crippen LogP contribution in [0.3, 0.4) is 0 Å². The van der Waals surface area contributed by atoms with Crippen LogP contribution in [0, 0.1) is 23.2 Å². The Morgan fingerprint density at radius 1 is 1.47 bits per heavy atom. The summed E-state index contributed by atoms with van der Waals surface area (Å²) in [4.78, 5) is 11.9. The second kappa shape index (κ2) is 5.68. The molecule has 0 unspecified atom stereocenters. The van der Waals surface area contributed by atoms with Gasteiger partial charge in [0.05, 0.1) is 9.26 Å². The molecule has 1 N–H and O–H groups in total. The average Bonchev–Trinajstić information content (AvgIpc) is 2.57. The Hall–Kier alpha value is -1.44. The van der Waals surface area contributed by atoms with Gasteiger partial charge in [0.25, 0.3) is 0 Å². The molecule has 0 radical (unpaired) electrons. The zero-order chi connectivity index (χ0) is 14.0. The van der Waals surface area contributed by atoms with Gasteiger partial charge >= 0.3 is 0 Å². The molecule has 6 heteroatoms. The minimum absolute atomic E-state index is 0.117. The molecular formula is C13H13FIN3O. The molecule has 100 valence electrons. The van der Waals surface area contributed by atoms with E-state index >= 15 is 0 Å². The fourth-order valence-electron chi connectivity index (χ4n) is 1.73. The highest BCUT2D eigenvalue weighted by Crippen LogP contribution is 2.15. The number of rotatable bonds is 3. The molecule has 0 saturated carbocycles. The van der Waals surface area contributed by atoms with Crippen LogP contribution in [-0.2, 0) is 11.3 Å². The fourth-order valence-corrected chi connectivity index (χ4v) is 2.12. The molecule has 0 aliphatic carbocycles. The minimum atomic E-state index is -0.376. The largest absolute Gasteiger partial charge is 0.324 e. The van der Waals surface area contributed by atoms with Crippen molar-refractivity contribution < 1.29 is 9.18 Å². The van der Waals surface area contributed by atoms with Crippen LogP contribution in [0.2, 0.25) is 0 Å². The fraction of sp³-hybridized carbons (Fsp3) is 0.231. The molecule has 2 aromatic rings. The summed E-state index contributed by atoms with van der Waals surface area (Å²) in [6, 6.07) is 5.81. The van der Waals surface area contributed by atoms with Gasteiger partial charge in [-0.25, -0.2) is 4.39 Å². The SMILES string of the molecule is Cc1nn(CC(=O)Nc2cccc(F)c2)c(C)c1I. The number of hydrogen-bond donors (Lipinski definition) is 1. The topological polar surface area (TPSA) is 46.9 Å². The van der Waals surface area contributed by atoms with Gasteiger partial charge in [-0.1, -0.05) is 6.07 Å². The number of carbonyl (C=O) groups excluding carboxylic acids is 1. The maximum Gasteiger partial charge on any atom is 0.246 e. The predicted octanol–water partition coefficient (Wildman–Crippen LogP) is 2.88. The van der Waals surface area contributed by atoms with Crippen molar-refractivity contribution in [1.29, 1.82) is 0 Å². The maximum absolute atomic E-state index is 13.0. The Kier molecular flexibility index (Phi) is 4.18. The number of amides is 1. The van der Waals surface area contributed by atoms with Crippen LogP contribution in [0.1, 0.15) is 11.4 Å². The van der Waals surface area contributed by atoms with Crippen LogP contribution in [0.4, 0.5) is 10.1 Å². The summed E-state index contributed by atoms with van der Waals surface area (Å²) in [7, 11) is 0. The summed E-state index contributed by atoms with van der Waals surface area (Å²) in [5.74, 6) is -0.605. The number of nitrogens with zero attached hydrogens (tertiary/aromatic N) is 2. The highest BCUT2D eigenvalue weighted by Gasteiger charge is 2.11. The molecule has 0 aliphatic heterocycles. The molecule has 0 aliphatic rings. The van der Waals surface area contributed by atoms with Crippen molar-refractivity contribution in [3.63, 3.8) is 0 Å². The number of anilines is 1. The van der Waals surface area contributed by atoms with Crippen molar-refractivity contribution in [3.05, 3.63) is 45.0 Å². The second-order valence-corrected chi connectivity index (χ2v) is 5.28. The number of aryl methyl sites for hydroxylation is 1. The zero-order valence-corrected chi connectivity index (χ0v) is 12.7. The average molecular weight is 373 g/mol. The lowest BCUT2D eigenvalue weighted by molar-refractivity contribution is -0.116. The van der Waals surface area contributed by atoms with Crippen molar-refractivity contribution in [2.24, 2.45) is 0 Å². The van der Waals surface area contributed by atoms with Crippen LogP contribution < -0.4 is 5.32 Å². The van der Waals surface area contributed by atoms with Gasteiger partial charge in [0.2, 0.25) is 5.91 Å². The van der Waals surface area contributed by atoms with E-state index in [1.807, 2.05) is 13.8 Å². The predicted molar refractivity (Wildman–Crippen MR) is 79.4 cm³/mol. The van der Waals surface area contributed by atoms with Gasteiger partial charge in [0.1, 0.15) is 12.4 Å². The number of nitrogens with one attached hydrogen (secondary N) is 1. The third-order valence-corrected chi connectivity index (χ3v) is 4.26. The highest BCUT2D eigenvalue weighted by molar-refractivity contribution is 14.1. The molecule has 1 amide bonds. The summed E-state index contributed by atoms with van der Waals surface area (Å²) < 4.78 is 15.7. The summed E-state index contributed by atoms with van der Waals surface area (Å²) >= 11 is 2.20. The number of aromatic nitrogens is 2. The zero-order valence-electron chi connectivity index (χ0n) is 10.6. The summed E-state index contributed by atoms with van der Waals surface area (Å²) in [6.45, 7) is 3.93. The quantitative estimate of drug-likeness (QED) is 0.842. The first-order valence-corrected chi connectivity index (χ1v) is 6.80. The smallest absolute Gasteiger partial charge is 0.246 e. The van der Waals surface area contributed by atoms with Gasteiger partial charge in [0.15, 0.2) is 0 Å². The first-order valence-electron chi connectivity index (χ1n) is 5.72. The van der Waals surface area contributed by atoms with Gasteiger partial charge in [0, 0.05) is 11.4 Å².